The summed E-state index contributed by atoms with van der Waals surface area (Å²) in [5.41, 5.74) is 0.992. The fourth-order valence-electron chi connectivity index (χ4n) is 2.58. The molecule has 0 spiro atoms. The van der Waals surface area contributed by atoms with Crippen LogP contribution in [0.1, 0.15) is 5.56 Å². The summed E-state index contributed by atoms with van der Waals surface area (Å²) in [6, 6.07) is 10.9. The summed E-state index contributed by atoms with van der Waals surface area (Å²) in [6.07, 6.45) is 0.540. The van der Waals surface area contributed by atoms with Gasteiger partial charge in [0.25, 0.3) is 0 Å². The average molecular weight is 331 g/mol. The van der Waals surface area contributed by atoms with Crippen LogP contribution in [-0.2, 0) is 6.61 Å². The van der Waals surface area contributed by atoms with Crippen molar-refractivity contribution in [1.29, 1.82) is 0 Å². The van der Waals surface area contributed by atoms with Crippen molar-refractivity contribution in [1.82, 2.24) is 9.88 Å². The van der Waals surface area contributed by atoms with Crippen molar-refractivity contribution >= 4 is 11.9 Å². The van der Waals surface area contributed by atoms with E-state index in [1.165, 1.54) is 17.2 Å². The van der Waals surface area contributed by atoms with Crippen LogP contribution in [0.2, 0.25) is 0 Å². The highest BCUT2D eigenvalue weighted by atomic mass is 19.1. The van der Waals surface area contributed by atoms with Gasteiger partial charge in [0.15, 0.2) is 11.6 Å². The summed E-state index contributed by atoms with van der Waals surface area (Å²) < 4.78 is 19.9. The Morgan fingerprint density at radius 2 is 1.92 bits per heavy atom. The molecule has 1 aromatic heterocycles. The third-order valence-electron chi connectivity index (χ3n) is 3.89. The normalized spacial score (nSPS) is 14.5. The molecule has 1 aromatic carbocycles. The Morgan fingerprint density at radius 1 is 1.21 bits per heavy atom. The maximum absolute atomic E-state index is 14.3. The number of hydrogen-bond donors (Lipinski definition) is 1. The number of rotatable bonds is 4. The molecule has 126 valence electrons. The second-order valence-corrected chi connectivity index (χ2v) is 5.51. The summed E-state index contributed by atoms with van der Waals surface area (Å²) >= 11 is 0. The third-order valence-corrected chi connectivity index (χ3v) is 3.89. The highest BCUT2D eigenvalue weighted by Gasteiger charge is 2.23. The molecular formula is C17H18FN3O3. The molecule has 0 bridgehead atoms. The molecule has 0 aliphatic carbocycles. The zero-order valence-corrected chi connectivity index (χ0v) is 13.1. The van der Waals surface area contributed by atoms with Gasteiger partial charge in [-0.3, -0.25) is 0 Å². The molecule has 2 aromatic rings. The van der Waals surface area contributed by atoms with Crippen LogP contribution in [-0.4, -0.2) is 47.3 Å². The SMILES string of the molecule is O=C(O)N1CCN(c2ncc(OCc3ccccc3)cc2F)CC1. The summed E-state index contributed by atoms with van der Waals surface area (Å²) in [6.45, 7) is 1.85. The molecule has 7 heteroatoms. The molecule has 1 fully saturated rings. The molecule has 0 unspecified atom stereocenters. The standard InChI is InChI=1S/C17H18FN3O3/c18-15-10-14(24-12-13-4-2-1-3-5-13)11-19-16(15)20-6-8-21(9-7-20)17(22)23/h1-5,10-11H,6-9,12H2,(H,22,23). The predicted molar refractivity (Wildman–Crippen MR) is 86.8 cm³/mol. The number of nitrogens with zero attached hydrogens (tertiary/aromatic N) is 3. The minimum Gasteiger partial charge on any atom is -0.487 e. The molecule has 2 heterocycles. The Morgan fingerprint density at radius 3 is 2.54 bits per heavy atom. The van der Waals surface area contributed by atoms with Gasteiger partial charge >= 0.3 is 6.09 Å². The van der Waals surface area contributed by atoms with E-state index < -0.39 is 11.9 Å². The molecule has 1 aliphatic rings. The van der Waals surface area contributed by atoms with Crippen LogP contribution >= 0.6 is 0 Å². The summed E-state index contributed by atoms with van der Waals surface area (Å²) in [5, 5.41) is 8.94. The van der Waals surface area contributed by atoms with Crippen LogP contribution in [0, 0.1) is 5.82 Å². The minimum absolute atomic E-state index is 0.229. The summed E-state index contributed by atoms with van der Waals surface area (Å²) in [7, 11) is 0. The van der Waals surface area contributed by atoms with E-state index in [1.54, 1.807) is 4.90 Å². The molecule has 3 rings (SSSR count). The quantitative estimate of drug-likeness (QED) is 0.933. The van der Waals surface area contributed by atoms with Gasteiger partial charge in [-0.05, 0) is 5.56 Å². The van der Waals surface area contributed by atoms with Crippen molar-refractivity contribution in [2.45, 2.75) is 6.61 Å². The molecule has 1 N–H and O–H groups in total. The molecule has 0 atom stereocenters. The molecule has 0 saturated carbocycles. The number of aromatic nitrogens is 1. The lowest BCUT2D eigenvalue weighted by Crippen LogP contribution is -2.48. The van der Waals surface area contributed by atoms with Gasteiger partial charge in [-0.2, -0.15) is 0 Å². The van der Waals surface area contributed by atoms with Crippen molar-refractivity contribution in [3.8, 4) is 5.75 Å². The van der Waals surface area contributed by atoms with Crippen molar-refractivity contribution in [3.05, 3.63) is 54.0 Å². The largest absolute Gasteiger partial charge is 0.487 e. The molecule has 1 saturated heterocycles. The zero-order valence-electron chi connectivity index (χ0n) is 13.1. The first-order valence-electron chi connectivity index (χ1n) is 7.68. The van der Waals surface area contributed by atoms with E-state index in [9.17, 15) is 9.18 Å². The molecule has 0 radical (unpaired) electrons. The van der Waals surface area contributed by atoms with E-state index in [1.807, 2.05) is 30.3 Å². The zero-order chi connectivity index (χ0) is 16.9. The fourth-order valence-corrected chi connectivity index (χ4v) is 2.58. The van der Waals surface area contributed by atoms with Crippen LogP contribution in [0.3, 0.4) is 0 Å². The number of pyridine rings is 1. The van der Waals surface area contributed by atoms with Crippen molar-refractivity contribution in [2.24, 2.45) is 0 Å². The second-order valence-electron chi connectivity index (χ2n) is 5.51. The van der Waals surface area contributed by atoms with Gasteiger partial charge in [-0.1, -0.05) is 30.3 Å². The number of anilines is 1. The first-order valence-corrected chi connectivity index (χ1v) is 7.68. The smallest absolute Gasteiger partial charge is 0.407 e. The van der Waals surface area contributed by atoms with Gasteiger partial charge in [-0.25, -0.2) is 14.2 Å². The number of hydrogen-bond acceptors (Lipinski definition) is 4. The number of carbonyl (C=O) groups is 1. The Labute approximate surface area is 139 Å². The average Bonchev–Trinajstić information content (AvgIpc) is 2.61. The summed E-state index contributed by atoms with van der Waals surface area (Å²) in [4.78, 5) is 18.1. The van der Waals surface area contributed by atoms with E-state index in [4.69, 9.17) is 9.84 Å². The predicted octanol–water partition coefficient (Wildman–Crippen LogP) is 2.60. The maximum atomic E-state index is 14.3. The molecule has 24 heavy (non-hydrogen) atoms. The first kappa shape index (κ1) is 16.0. The number of halogens is 1. The van der Waals surface area contributed by atoms with Crippen LogP contribution < -0.4 is 9.64 Å². The molecule has 6 nitrogen and oxygen atoms in total. The van der Waals surface area contributed by atoms with Gasteiger partial charge < -0.3 is 19.6 Å². The highest BCUT2D eigenvalue weighted by Crippen LogP contribution is 2.22. The van der Waals surface area contributed by atoms with E-state index in [2.05, 4.69) is 4.98 Å². The van der Waals surface area contributed by atoms with Gasteiger partial charge in [0.05, 0.1) is 6.20 Å². The van der Waals surface area contributed by atoms with Crippen LogP contribution in [0.5, 0.6) is 5.75 Å². The minimum atomic E-state index is -0.951. The van der Waals surface area contributed by atoms with E-state index in [0.717, 1.165) is 5.56 Å². The van der Waals surface area contributed by atoms with Gasteiger partial charge in [0, 0.05) is 32.2 Å². The number of benzene rings is 1. The topological polar surface area (TPSA) is 65.9 Å². The Hall–Kier alpha value is -2.83. The van der Waals surface area contributed by atoms with Crippen LogP contribution in [0.25, 0.3) is 0 Å². The molecular weight excluding hydrogens is 313 g/mol. The highest BCUT2D eigenvalue weighted by molar-refractivity contribution is 5.65. The van der Waals surface area contributed by atoms with Gasteiger partial charge in [0.2, 0.25) is 0 Å². The number of piperazine rings is 1. The maximum Gasteiger partial charge on any atom is 0.407 e. The number of carboxylic acid groups (broad SMARTS) is 1. The molecule has 1 amide bonds. The lowest BCUT2D eigenvalue weighted by molar-refractivity contribution is 0.142. The lowest BCUT2D eigenvalue weighted by atomic mass is 10.2. The number of ether oxygens (including phenoxy) is 1. The van der Waals surface area contributed by atoms with Crippen LogP contribution in [0.15, 0.2) is 42.6 Å². The van der Waals surface area contributed by atoms with Crippen LogP contribution in [0.4, 0.5) is 15.0 Å². The van der Waals surface area contributed by atoms with E-state index in [0.29, 0.717) is 38.5 Å². The Bertz CT molecular complexity index is 703. The van der Waals surface area contributed by atoms with Gasteiger partial charge in [-0.15, -0.1) is 0 Å². The van der Waals surface area contributed by atoms with Crippen molar-refractivity contribution < 1.29 is 19.0 Å². The van der Waals surface area contributed by atoms with Crippen molar-refractivity contribution in [2.75, 3.05) is 31.1 Å². The second kappa shape index (κ2) is 7.16. The van der Waals surface area contributed by atoms with E-state index >= 15 is 0 Å². The summed E-state index contributed by atoms with van der Waals surface area (Å²) in [5.74, 6) is 0.126. The van der Waals surface area contributed by atoms with Gasteiger partial charge in [0.1, 0.15) is 12.4 Å². The lowest BCUT2D eigenvalue weighted by Gasteiger charge is -2.33. The van der Waals surface area contributed by atoms with E-state index in [-0.39, 0.29) is 5.82 Å². The Balaban J connectivity index is 1.62. The monoisotopic (exact) mass is 331 g/mol. The number of amides is 1. The Kier molecular flexibility index (Phi) is 4.79. The fraction of sp³-hybridized carbons (Fsp3) is 0.294. The molecule has 1 aliphatic heterocycles. The first-order chi connectivity index (χ1) is 11.6. The van der Waals surface area contributed by atoms with Crippen molar-refractivity contribution in [3.63, 3.8) is 0 Å². The third kappa shape index (κ3) is 3.73.